The smallest absolute Gasteiger partial charge is 0.226 e. The van der Waals surface area contributed by atoms with Crippen LogP contribution in [0.25, 0.3) is 5.69 Å². The molecule has 1 aromatic heterocycles. The third-order valence-corrected chi connectivity index (χ3v) is 4.90. The van der Waals surface area contributed by atoms with Gasteiger partial charge in [0.15, 0.2) is 0 Å². The minimum Gasteiger partial charge on any atom is -0.310 e. The summed E-state index contributed by atoms with van der Waals surface area (Å²) in [6, 6.07) is 15.9. The number of halogens is 1. The number of fused-ring (bicyclic) bond motifs is 1. The summed E-state index contributed by atoms with van der Waals surface area (Å²) < 4.78 is 1.74. The molecule has 126 valence electrons. The SMILES string of the molecule is CCc1ccc(C2CC(=O)Nc3c2cnn3-c2cccc(Cl)c2)cc1. The van der Waals surface area contributed by atoms with Crippen LogP contribution in [-0.2, 0) is 11.2 Å². The Labute approximate surface area is 151 Å². The molecule has 3 aromatic rings. The van der Waals surface area contributed by atoms with Crippen LogP contribution in [0, 0.1) is 0 Å². The van der Waals surface area contributed by atoms with Crippen molar-refractivity contribution in [3.05, 3.63) is 76.4 Å². The highest BCUT2D eigenvalue weighted by Gasteiger charge is 2.30. The number of rotatable bonds is 3. The van der Waals surface area contributed by atoms with Gasteiger partial charge in [-0.25, -0.2) is 4.68 Å². The number of hydrogen-bond acceptors (Lipinski definition) is 2. The van der Waals surface area contributed by atoms with Crippen molar-refractivity contribution in [2.75, 3.05) is 5.32 Å². The van der Waals surface area contributed by atoms with Crippen LogP contribution < -0.4 is 5.32 Å². The van der Waals surface area contributed by atoms with Crippen LogP contribution in [-0.4, -0.2) is 15.7 Å². The van der Waals surface area contributed by atoms with E-state index in [-0.39, 0.29) is 11.8 Å². The molecule has 0 fully saturated rings. The first-order valence-corrected chi connectivity index (χ1v) is 8.76. The van der Waals surface area contributed by atoms with Gasteiger partial charge in [0, 0.05) is 22.9 Å². The maximum absolute atomic E-state index is 12.3. The summed E-state index contributed by atoms with van der Waals surface area (Å²) in [4.78, 5) is 12.3. The predicted octanol–water partition coefficient (Wildman–Crippen LogP) is 4.56. The molecule has 25 heavy (non-hydrogen) atoms. The molecule has 0 spiro atoms. The van der Waals surface area contributed by atoms with E-state index in [0.717, 1.165) is 29.1 Å². The quantitative estimate of drug-likeness (QED) is 0.751. The van der Waals surface area contributed by atoms with E-state index in [0.29, 0.717) is 11.4 Å². The van der Waals surface area contributed by atoms with Gasteiger partial charge in [0.1, 0.15) is 5.82 Å². The van der Waals surface area contributed by atoms with Gasteiger partial charge in [-0.3, -0.25) is 4.79 Å². The number of aromatic nitrogens is 2. The van der Waals surface area contributed by atoms with Crippen LogP contribution in [0.3, 0.4) is 0 Å². The van der Waals surface area contributed by atoms with Gasteiger partial charge in [-0.15, -0.1) is 0 Å². The lowest BCUT2D eigenvalue weighted by Crippen LogP contribution is -2.24. The lowest BCUT2D eigenvalue weighted by Gasteiger charge is -2.24. The number of anilines is 1. The Balaban J connectivity index is 1.78. The first-order chi connectivity index (χ1) is 12.2. The minimum absolute atomic E-state index is 0.000783. The summed E-state index contributed by atoms with van der Waals surface area (Å²) in [5, 5.41) is 8.10. The highest BCUT2D eigenvalue weighted by molar-refractivity contribution is 6.30. The maximum Gasteiger partial charge on any atom is 0.226 e. The number of nitrogens with zero attached hydrogens (tertiary/aromatic N) is 2. The molecule has 0 saturated carbocycles. The summed E-state index contributed by atoms with van der Waals surface area (Å²) in [7, 11) is 0. The van der Waals surface area contributed by atoms with E-state index in [4.69, 9.17) is 11.6 Å². The van der Waals surface area contributed by atoms with Crippen molar-refractivity contribution in [2.45, 2.75) is 25.7 Å². The standard InChI is InChI=1S/C20H18ClN3O/c1-2-13-6-8-14(9-7-13)17-11-19(25)23-20-18(17)12-22-24(20)16-5-3-4-15(21)10-16/h3-10,12,17H,2,11H2,1H3,(H,23,25). The van der Waals surface area contributed by atoms with Crippen LogP contribution in [0.15, 0.2) is 54.7 Å². The summed E-state index contributed by atoms with van der Waals surface area (Å²) in [6.07, 6.45) is 3.27. The van der Waals surface area contributed by atoms with Crippen molar-refractivity contribution in [1.29, 1.82) is 0 Å². The Morgan fingerprint density at radius 2 is 2.04 bits per heavy atom. The zero-order valence-corrected chi connectivity index (χ0v) is 14.6. The lowest BCUT2D eigenvalue weighted by molar-refractivity contribution is -0.116. The molecule has 4 nitrogen and oxygen atoms in total. The summed E-state index contributed by atoms with van der Waals surface area (Å²) >= 11 is 6.10. The largest absolute Gasteiger partial charge is 0.310 e. The average Bonchev–Trinajstić information content (AvgIpc) is 3.05. The fraction of sp³-hybridized carbons (Fsp3) is 0.200. The van der Waals surface area contributed by atoms with Gasteiger partial charge in [-0.1, -0.05) is 48.9 Å². The van der Waals surface area contributed by atoms with E-state index in [2.05, 4.69) is 41.6 Å². The zero-order chi connectivity index (χ0) is 17.4. The number of carbonyl (C=O) groups excluding carboxylic acids is 1. The predicted molar refractivity (Wildman–Crippen MR) is 99.5 cm³/mol. The molecular formula is C20H18ClN3O. The molecule has 1 unspecified atom stereocenters. The van der Waals surface area contributed by atoms with Crippen LogP contribution in [0.1, 0.15) is 36.0 Å². The molecule has 1 aliphatic rings. The second kappa shape index (κ2) is 6.37. The summed E-state index contributed by atoms with van der Waals surface area (Å²) in [5.74, 6) is 0.742. The van der Waals surface area contributed by atoms with Gasteiger partial charge >= 0.3 is 0 Å². The van der Waals surface area contributed by atoms with E-state index in [9.17, 15) is 4.79 Å². The Hall–Kier alpha value is -2.59. The fourth-order valence-electron chi connectivity index (χ4n) is 3.31. The second-order valence-corrected chi connectivity index (χ2v) is 6.68. The summed E-state index contributed by atoms with van der Waals surface area (Å²) in [5.41, 5.74) is 4.29. The number of amides is 1. The van der Waals surface area contributed by atoms with E-state index in [1.54, 1.807) is 4.68 Å². The third kappa shape index (κ3) is 2.94. The van der Waals surface area contributed by atoms with E-state index in [1.165, 1.54) is 5.56 Å². The second-order valence-electron chi connectivity index (χ2n) is 6.24. The number of benzene rings is 2. The van der Waals surface area contributed by atoms with E-state index >= 15 is 0 Å². The number of carbonyl (C=O) groups is 1. The van der Waals surface area contributed by atoms with Crippen LogP contribution in [0.4, 0.5) is 5.82 Å². The number of aryl methyl sites for hydroxylation is 1. The van der Waals surface area contributed by atoms with Crippen LogP contribution in [0.5, 0.6) is 0 Å². The molecule has 2 aromatic carbocycles. The monoisotopic (exact) mass is 351 g/mol. The normalized spacial score (nSPS) is 16.4. The van der Waals surface area contributed by atoms with Crippen molar-refractivity contribution in [3.63, 3.8) is 0 Å². The van der Waals surface area contributed by atoms with E-state index in [1.807, 2.05) is 30.5 Å². The molecule has 1 atom stereocenters. The Morgan fingerprint density at radius 1 is 1.24 bits per heavy atom. The van der Waals surface area contributed by atoms with Crippen molar-refractivity contribution < 1.29 is 4.79 Å². The molecule has 4 rings (SSSR count). The third-order valence-electron chi connectivity index (χ3n) is 4.66. The van der Waals surface area contributed by atoms with Crippen molar-refractivity contribution in [3.8, 4) is 5.69 Å². The molecule has 0 radical (unpaired) electrons. The first-order valence-electron chi connectivity index (χ1n) is 8.38. The number of nitrogens with one attached hydrogen (secondary N) is 1. The van der Waals surface area contributed by atoms with Crippen molar-refractivity contribution in [1.82, 2.24) is 9.78 Å². The van der Waals surface area contributed by atoms with Gasteiger partial charge in [-0.2, -0.15) is 5.10 Å². The van der Waals surface area contributed by atoms with Crippen LogP contribution >= 0.6 is 11.6 Å². The molecule has 5 heteroatoms. The van der Waals surface area contributed by atoms with Gasteiger partial charge in [0.2, 0.25) is 5.91 Å². The van der Waals surface area contributed by atoms with E-state index < -0.39 is 0 Å². The Bertz CT molecular complexity index is 930. The maximum atomic E-state index is 12.3. The fourth-order valence-corrected chi connectivity index (χ4v) is 3.49. The molecule has 1 N–H and O–H groups in total. The lowest BCUT2D eigenvalue weighted by atomic mass is 9.87. The van der Waals surface area contributed by atoms with Crippen LogP contribution in [0.2, 0.25) is 5.02 Å². The molecule has 2 heterocycles. The average molecular weight is 352 g/mol. The topological polar surface area (TPSA) is 46.9 Å². The summed E-state index contributed by atoms with van der Waals surface area (Å²) in [6.45, 7) is 2.14. The Kier molecular flexibility index (Phi) is 4.06. The van der Waals surface area contributed by atoms with Gasteiger partial charge in [-0.05, 0) is 35.7 Å². The van der Waals surface area contributed by atoms with Gasteiger partial charge < -0.3 is 5.32 Å². The molecule has 1 amide bonds. The van der Waals surface area contributed by atoms with Crippen molar-refractivity contribution >= 4 is 23.3 Å². The van der Waals surface area contributed by atoms with Gasteiger partial charge in [0.05, 0.1) is 11.9 Å². The Morgan fingerprint density at radius 3 is 2.76 bits per heavy atom. The zero-order valence-electron chi connectivity index (χ0n) is 13.9. The molecular weight excluding hydrogens is 334 g/mol. The molecule has 0 aliphatic carbocycles. The molecule has 0 saturated heterocycles. The highest BCUT2D eigenvalue weighted by atomic mass is 35.5. The van der Waals surface area contributed by atoms with Gasteiger partial charge in [0.25, 0.3) is 0 Å². The molecule has 0 bridgehead atoms. The molecule has 1 aliphatic heterocycles. The minimum atomic E-state index is 0.000783. The number of hydrogen-bond donors (Lipinski definition) is 1. The van der Waals surface area contributed by atoms with Crippen molar-refractivity contribution in [2.24, 2.45) is 0 Å². The highest BCUT2D eigenvalue weighted by Crippen LogP contribution is 2.38. The first kappa shape index (κ1) is 15.9.